The fourth-order valence-corrected chi connectivity index (χ4v) is 5.71. The van der Waals surface area contributed by atoms with Crippen molar-refractivity contribution < 1.29 is 37.0 Å². The van der Waals surface area contributed by atoms with E-state index in [-0.39, 0.29) is 16.8 Å². The minimum absolute atomic E-state index is 0.0753. The number of fused-ring (bicyclic) bond motifs is 1. The number of aromatic nitrogens is 4. The maximum Gasteiger partial charge on any atom is 0.335 e. The zero-order valence-corrected chi connectivity index (χ0v) is 24.3. The molecule has 0 saturated heterocycles. The lowest BCUT2D eigenvalue weighted by atomic mass is 10.1. The molecule has 46 heavy (non-hydrogen) atoms. The number of carboxylic acids is 1. The van der Waals surface area contributed by atoms with Crippen molar-refractivity contribution in [1.82, 2.24) is 24.4 Å². The smallest absolute Gasteiger partial charge is 0.335 e. The molecular weight excluding hydrogens is 630 g/mol. The molecule has 3 heterocycles. The number of aliphatic carboxylic acids is 1. The molecule has 0 spiro atoms. The molecule has 3 aromatic heterocycles. The summed E-state index contributed by atoms with van der Waals surface area (Å²) in [6.45, 7) is 0. The van der Waals surface area contributed by atoms with E-state index in [2.05, 4.69) is 9.97 Å². The first-order valence-corrected chi connectivity index (χ1v) is 14.6. The van der Waals surface area contributed by atoms with Crippen molar-refractivity contribution in [2.24, 2.45) is 7.05 Å². The second-order valence-electron chi connectivity index (χ2n) is 9.84. The van der Waals surface area contributed by atoms with Gasteiger partial charge in [0, 0.05) is 25.4 Å². The normalized spacial score (nSPS) is 12.1. The van der Waals surface area contributed by atoms with Crippen molar-refractivity contribution in [1.29, 1.82) is 0 Å². The number of aryl methyl sites for hydroxylation is 1. The van der Waals surface area contributed by atoms with Crippen molar-refractivity contribution in [3.05, 3.63) is 117 Å². The molecule has 17 heteroatoms. The van der Waals surface area contributed by atoms with Gasteiger partial charge in [0.1, 0.15) is 33.9 Å². The molecule has 4 N–H and O–H groups in total. The lowest BCUT2D eigenvalue weighted by Gasteiger charge is -2.16. The molecule has 1 atom stereocenters. The third-order valence-electron chi connectivity index (χ3n) is 6.83. The van der Waals surface area contributed by atoms with Gasteiger partial charge in [0.25, 0.3) is 21.5 Å². The third kappa shape index (κ3) is 6.03. The molecule has 0 saturated carbocycles. The van der Waals surface area contributed by atoms with Gasteiger partial charge in [-0.1, -0.05) is 12.1 Å². The third-order valence-corrected chi connectivity index (χ3v) is 8.26. The van der Waals surface area contributed by atoms with Gasteiger partial charge in [0.15, 0.2) is 0 Å². The van der Waals surface area contributed by atoms with E-state index < -0.39 is 79.1 Å². The number of phenols is 1. The highest BCUT2D eigenvalue weighted by Crippen LogP contribution is 2.26. The van der Waals surface area contributed by atoms with Gasteiger partial charge in [-0.25, -0.2) is 31.4 Å². The fraction of sp³-hybridized carbons (Fsp3) is 0.103. The number of carbonyl (C=O) groups excluding carboxylic acids is 1. The average Bonchev–Trinajstić information content (AvgIpc) is 3.00. The zero-order chi connectivity index (χ0) is 33.3. The Morgan fingerprint density at radius 3 is 2.35 bits per heavy atom. The molecule has 236 valence electrons. The summed E-state index contributed by atoms with van der Waals surface area (Å²) in [7, 11) is -3.02. The van der Waals surface area contributed by atoms with Crippen molar-refractivity contribution >= 4 is 38.5 Å². The van der Waals surface area contributed by atoms with E-state index in [0.29, 0.717) is 17.6 Å². The number of rotatable bonds is 9. The summed E-state index contributed by atoms with van der Waals surface area (Å²) >= 11 is 0. The number of aromatic hydroxyl groups is 1. The number of benzene rings is 2. The Morgan fingerprint density at radius 1 is 1.02 bits per heavy atom. The standard InChI is InChI=1S/C29H22F2N6O8S/c1-36-22-14-32-9-8-18(22)27(40)37(29(36)43)17-7-6-15(33-13-17)12-21(28(41)42)34-26(39)25-19(30)10-16(11-20(25)31)35-46(44,45)24-5-3-2-4-23(24)38/h2-11,13-14,21,35,38H,12H2,1H3,(H,34,39)(H,41,42)/t21-/m0/s1. The first kappa shape index (κ1) is 31.5. The minimum atomic E-state index is -4.47. The molecule has 0 radical (unpaired) electrons. The molecule has 0 aliphatic carbocycles. The Hall–Kier alpha value is -5.97. The van der Waals surface area contributed by atoms with Crippen LogP contribution in [-0.4, -0.2) is 55.7 Å². The van der Waals surface area contributed by atoms with E-state index in [4.69, 9.17) is 0 Å². The minimum Gasteiger partial charge on any atom is -0.507 e. The van der Waals surface area contributed by atoms with Crippen LogP contribution in [0.5, 0.6) is 5.75 Å². The predicted molar refractivity (Wildman–Crippen MR) is 158 cm³/mol. The summed E-state index contributed by atoms with van der Waals surface area (Å²) in [5.41, 5.74) is -2.63. The molecule has 2 aromatic carbocycles. The number of nitrogens with zero attached hydrogens (tertiary/aromatic N) is 4. The molecule has 5 aromatic rings. The van der Waals surface area contributed by atoms with Gasteiger partial charge in [0.05, 0.1) is 34.7 Å². The molecule has 0 unspecified atom stereocenters. The van der Waals surface area contributed by atoms with E-state index in [1.807, 2.05) is 10.0 Å². The van der Waals surface area contributed by atoms with Crippen LogP contribution in [0, 0.1) is 11.6 Å². The van der Waals surface area contributed by atoms with Gasteiger partial charge in [0.2, 0.25) is 0 Å². The number of nitrogens with one attached hydrogen (secondary N) is 2. The number of carboxylic acid groups (broad SMARTS) is 1. The largest absolute Gasteiger partial charge is 0.507 e. The lowest BCUT2D eigenvalue weighted by Crippen LogP contribution is -2.43. The van der Waals surface area contributed by atoms with Crippen LogP contribution in [0.4, 0.5) is 14.5 Å². The first-order valence-electron chi connectivity index (χ1n) is 13.1. The Balaban J connectivity index is 1.35. The van der Waals surface area contributed by atoms with Crippen LogP contribution < -0.4 is 21.3 Å². The number of pyridine rings is 2. The number of sulfonamides is 1. The number of hydrogen-bond acceptors (Lipinski definition) is 9. The number of amides is 1. The molecule has 0 aliphatic rings. The SMILES string of the molecule is Cn1c(=O)n(-c2ccc(C[C@H](NC(=O)c3c(F)cc(NS(=O)(=O)c4ccccc4O)cc3F)C(=O)O)nc2)c(=O)c2ccncc21. The Labute approximate surface area is 257 Å². The second kappa shape index (κ2) is 12.2. The molecule has 14 nitrogen and oxygen atoms in total. The maximum absolute atomic E-state index is 14.9. The van der Waals surface area contributed by atoms with Gasteiger partial charge in [-0.05, 0) is 42.5 Å². The number of para-hydroxylation sites is 1. The van der Waals surface area contributed by atoms with Crippen LogP contribution in [0.2, 0.25) is 0 Å². The van der Waals surface area contributed by atoms with E-state index in [1.165, 1.54) is 54.3 Å². The molecule has 1 amide bonds. The number of carbonyl (C=O) groups is 2. The van der Waals surface area contributed by atoms with Crippen molar-refractivity contribution in [2.45, 2.75) is 17.4 Å². The fourth-order valence-electron chi connectivity index (χ4n) is 4.58. The summed E-state index contributed by atoms with van der Waals surface area (Å²) in [5.74, 6) is -6.63. The highest BCUT2D eigenvalue weighted by molar-refractivity contribution is 7.92. The van der Waals surface area contributed by atoms with E-state index in [0.717, 1.165) is 22.9 Å². The molecule has 5 rings (SSSR count). The van der Waals surface area contributed by atoms with Crippen LogP contribution in [0.15, 0.2) is 87.7 Å². The number of anilines is 1. The lowest BCUT2D eigenvalue weighted by molar-refractivity contribution is -0.139. The quantitative estimate of drug-likeness (QED) is 0.181. The van der Waals surface area contributed by atoms with Gasteiger partial charge in [-0.2, -0.15) is 0 Å². The van der Waals surface area contributed by atoms with E-state index in [1.54, 1.807) is 0 Å². The van der Waals surface area contributed by atoms with Gasteiger partial charge in [-0.15, -0.1) is 0 Å². The van der Waals surface area contributed by atoms with Crippen molar-refractivity contribution in [3.8, 4) is 11.4 Å². The van der Waals surface area contributed by atoms with Gasteiger partial charge in [-0.3, -0.25) is 28.8 Å². The first-order chi connectivity index (χ1) is 21.8. The van der Waals surface area contributed by atoms with Crippen LogP contribution in [0.25, 0.3) is 16.6 Å². The highest BCUT2D eigenvalue weighted by Gasteiger charge is 2.27. The second-order valence-corrected chi connectivity index (χ2v) is 11.5. The highest BCUT2D eigenvalue weighted by atomic mass is 32.2. The maximum atomic E-state index is 14.9. The summed E-state index contributed by atoms with van der Waals surface area (Å²) in [5, 5.41) is 21.7. The Bertz CT molecular complexity index is 2230. The Kier molecular flexibility index (Phi) is 8.34. The van der Waals surface area contributed by atoms with Gasteiger partial charge < -0.3 is 15.5 Å². The van der Waals surface area contributed by atoms with Crippen molar-refractivity contribution in [3.63, 3.8) is 0 Å². The molecule has 0 fully saturated rings. The average molecular weight is 653 g/mol. The number of phenolic OH excluding ortho intramolecular Hbond substituents is 1. The van der Waals surface area contributed by atoms with Crippen LogP contribution in [0.3, 0.4) is 0 Å². The van der Waals surface area contributed by atoms with Crippen LogP contribution in [0.1, 0.15) is 16.1 Å². The predicted octanol–water partition coefficient (Wildman–Crippen LogP) is 1.69. The van der Waals surface area contributed by atoms with Gasteiger partial charge >= 0.3 is 11.7 Å². The topological polar surface area (TPSA) is 203 Å². The molecular formula is C29H22F2N6O8S. The summed E-state index contributed by atoms with van der Waals surface area (Å²) in [4.78, 5) is 58.0. The zero-order valence-electron chi connectivity index (χ0n) is 23.5. The number of halogens is 2. The van der Waals surface area contributed by atoms with E-state index in [9.17, 15) is 46.6 Å². The monoisotopic (exact) mass is 652 g/mol. The molecule has 0 bridgehead atoms. The summed E-state index contributed by atoms with van der Waals surface area (Å²) in [6, 6.07) is 8.24. The van der Waals surface area contributed by atoms with Crippen LogP contribution >= 0.6 is 0 Å². The summed E-state index contributed by atoms with van der Waals surface area (Å²) in [6.07, 6.45) is 3.46. The van der Waals surface area contributed by atoms with Crippen molar-refractivity contribution in [2.75, 3.05) is 4.72 Å². The van der Waals surface area contributed by atoms with E-state index >= 15 is 0 Å². The Morgan fingerprint density at radius 2 is 1.72 bits per heavy atom. The summed E-state index contributed by atoms with van der Waals surface area (Å²) < 4.78 is 58.9. The number of hydrogen-bond donors (Lipinski definition) is 4. The van der Waals surface area contributed by atoms with Crippen LogP contribution in [-0.2, 0) is 28.3 Å². The molecule has 0 aliphatic heterocycles.